The van der Waals surface area contributed by atoms with Crippen LogP contribution in [0.4, 0.5) is 0 Å². The van der Waals surface area contributed by atoms with Gasteiger partial charge in [0.05, 0.1) is 0 Å². The van der Waals surface area contributed by atoms with Crippen LogP contribution in [-0.4, -0.2) is 5.71 Å². The zero-order valence-electron chi connectivity index (χ0n) is 5.15. The van der Waals surface area contributed by atoms with Gasteiger partial charge in [-0.3, -0.25) is 0 Å². The van der Waals surface area contributed by atoms with Crippen LogP contribution in [-0.2, 0) is 0 Å². The predicted molar refractivity (Wildman–Crippen MR) is 36.0 cm³/mol. The molecule has 0 aromatic heterocycles. The third kappa shape index (κ3) is 1.61. The van der Waals surface area contributed by atoms with Crippen LogP contribution in [0.3, 0.4) is 0 Å². The van der Waals surface area contributed by atoms with Crippen LogP contribution >= 0.6 is 0 Å². The summed E-state index contributed by atoms with van der Waals surface area (Å²) in [5, 5.41) is 7.04. The Morgan fingerprint density at radius 2 is 2.25 bits per heavy atom. The number of allylic oxidation sites excluding steroid dienone is 2. The average molecular weight is 107 g/mol. The largest absolute Gasteiger partial charge is 0.304 e. The lowest BCUT2D eigenvalue weighted by molar-refractivity contribution is 1.47. The normalized spacial score (nSPS) is 10.4. The zero-order chi connectivity index (χ0) is 6.57. The van der Waals surface area contributed by atoms with Crippen LogP contribution in [0.1, 0.15) is 13.8 Å². The summed E-state index contributed by atoms with van der Waals surface area (Å²) in [4.78, 5) is 0. The van der Waals surface area contributed by atoms with Gasteiger partial charge in [-0.15, -0.1) is 6.42 Å². The maximum atomic E-state index is 7.04. The van der Waals surface area contributed by atoms with Crippen molar-refractivity contribution in [3.8, 4) is 12.3 Å². The number of terminal acetylenes is 1. The fourth-order valence-electron chi connectivity index (χ4n) is 0.408. The lowest BCUT2D eigenvalue weighted by Crippen LogP contribution is -1.89. The Bertz CT molecular complexity index is 158. The summed E-state index contributed by atoms with van der Waals surface area (Å²) in [6.45, 7) is 3.50. The molecule has 0 unspecified atom stereocenters. The molecular weight excluding hydrogens is 98.1 g/mol. The van der Waals surface area contributed by atoms with Gasteiger partial charge in [-0.05, 0) is 13.8 Å². The van der Waals surface area contributed by atoms with Crippen molar-refractivity contribution in [3.05, 3.63) is 11.6 Å². The van der Waals surface area contributed by atoms with Gasteiger partial charge in [0, 0.05) is 11.3 Å². The van der Waals surface area contributed by atoms with Gasteiger partial charge >= 0.3 is 0 Å². The molecule has 1 nitrogen and oxygen atoms in total. The van der Waals surface area contributed by atoms with E-state index in [1.54, 1.807) is 13.0 Å². The second-order valence-corrected chi connectivity index (χ2v) is 1.47. The van der Waals surface area contributed by atoms with Crippen LogP contribution < -0.4 is 0 Å². The summed E-state index contributed by atoms with van der Waals surface area (Å²) in [7, 11) is 0. The lowest BCUT2D eigenvalue weighted by atomic mass is 10.2. The summed E-state index contributed by atoms with van der Waals surface area (Å²) < 4.78 is 0. The lowest BCUT2D eigenvalue weighted by Gasteiger charge is -1.89. The summed E-state index contributed by atoms with van der Waals surface area (Å²) >= 11 is 0. The summed E-state index contributed by atoms with van der Waals surface area (Å²) in [5.41, 5.74) is 1.13. The van der Waals surface area contributed by atoms with E-state index in [-0.39, 0.29) is 0 Å². The van der Waals surface area contributed by atoms with Gasteiger partial charge < -0.3 is 5.41 Å². The molecule has 0 aromatic rings. The highest BCUT2D eigenvalue weighted by atomic mass is 14.4. The van der Waals surface area contributed by atoms with Crippen molar-refractivity contribution in [1.82, 2.24) is 0 Å². The molecule has 0 saturated carbocycles. The molecule has 0 aliphatic heterocycles. The van der Waals surface area contributed by atoms with Crippen LogP contribution in [0, 0.1) is 17.8 Å². The molecule has 0 atom stereocenters. The van der Waals surface area contributed by atoms with Gasteiger partial charge in [-0.2, -0.15) is 0 Å². The van der Waals surface area contributed by atoms with Gasteiger partial charge in [0.25, 0.3) is 0 Å². The van der Waals surface area contributed by atoms with Crippen LogP contribution in [0.15, 0.2) is 11.6 Å². The number of rotatable bonds is 1. The minimum atomic E-state index is 0.454. The molecule has 0 rings (SSSR count). The fraction of sp³-hybridized carbons (Fsp3) is 0.286. The minimum Gasteiger partial charge on any atom is -0.304 e. The molecule has 8 heavy (non-hydrogen) atoms. The topological polar surface area (TPSA) is 23.9 Å². The van der Waals surface area contributed by atoms with Crippen LogP contribution in [0.25, 0.3) is 0 Å². The highest BCUT2D eigenvalue weighted by molar-refractivity contribution is 5.99. The quantitative estimate of drug-likeness (QED) is 0.389. The van der Waals surface area contributed by atoms with E-state index in [9.17, 15) is 0 Å². The Balaban J connectivity index is 4.20. The predicted octanol–water partition coefficient (Wildman–Crippen LogP) is 1.61. The molecular formula is C7H9N. The van der Waals surface area contributed by atoms with E-state index in [0.29, 0.717) is 11.3 Å². The third-order valence-electron chi connectivity index (χ3n) is 0.848. The second kappa shape index (κ2) is 3.04. The first-order valence-electron chi connectivity index (χ1n) is 2.40. The monoisotopic (exact) mass is 107 g/mol. The Hall–Kier alpha value is -1.03. The van der Waals surface area contributed by atoms with Crippen molar-refractivity contribution in [2.75, 3.05) is 0 Å². The molecule has 1 heteroatoms. The van der Waals surface area contributed by atoms with Crippen molar-refractivity contribution in [3.63, 3.8) is 0 Å². The SMILES string of the molecule is C#C/C(=C\C)C(C)=N. The molecule has 0 aliphatic carbocycles. The molecule has 0 bridgehead atoms. The van der Waals surface area contributed by atoms with E-state index in [1.165, 1.54) is 0 Å². The van der Waals surface area contributed by atoms with Gasteiger partial charge in [0.15, 0.2) is 0 Å². The van der Waals surface area contributed by atoms with Gasteiger partial charge in [0.1, 0.15) is 0 Å². The average Bonchev–Trinajstić information content (AvgIpc) is 1.69. The summed E-state index contributed by atoms with van der Waals surface area (Å²) in [5.74, 6) is 2.39. The number of nitrogens with one attached hydrogen (secondary N) is 1. The van der Waals surface area contributed by atoms with E-state index in [2.05, 4.69) is 5.92 Å². The smallest absolute Gasteiger partial charge is 0.0435 e. The molecule has 0 spiro atoms. The number of hydrogen-bond acceptors (Lipinski definition) is 1. The standard InChI is InChI=1S/C7H9N/c1-4-7(5-2)6(3)8/h1,5,8H,2-3H3/b7-5+,8-6?. The Labute approximate surface area is 49.9 Å². The van der Waals surface area contributed by atoms with E-state index in [1.807, 2.05) is 6.92 Å². The first-order valence-corrected chi connectivity index (χ1v) is 2.40. The van der Waals surface area contributed by atoms with Gasteiger partial charge in [-0.25, -0.2) is 0 Å². The highest BCUT2D eigenvalue weighted by Crippen LogP contribution is 1.91. The van der Waals surface area contributed by atoms with Crippen LogP contribution in [0.2, 0.25) is 0 Å². The van der Waals surface area contributed by atoms with Crippen molar-refractivity contribution in [2.24, 2.45) is 0 Å². The Morgan fingerprint density at radius 1 is 1.75 bits per heavy atom. The molecule has 0 saturated heterocycles. The molecule has 0 aliphatic rings. The molecule has 1 N–H and O–H groups in total. The van der Waals surface area contributed by atoms with Crippen molar-refractivity contribution >= 4 is 5.71 Å². The second-order valence-electron chi connectivity index (χ2n) is 1.47. The first-order chi connectivity index (χ1) is 3.72. The molecule has 0 aromatic carbocycles. The fourth-order valence-corrected chi connectivity index (χ4v) is 0.408. The number of hydrogen-bond donors (Lipinski definition) is 1. The highest BCUT2D eigenvalue weighted by Gasteiger charge is 1.88. The molecule has 42 valence electrons. The Morgan fingerprint density at radius 3 is 2.25 bits per heavy atom. The van der Waals surface area contributed by atoms with Crippen molar-refractivity contribution in [1.29, 1.82) is 5.41 Å². The summed E-state index contributed by atoms with van der Waals surface area (Å²) in [6.07, 6.45) is 6.78. The van der Waals surface area contributed by atoms with Crippen molar-refractivity contribution < 1.29 is 0 Å². The van der Waals surface area contributed by atoms with E-state index >= 15 is 0 Å². The van der Waals surface area contributed by atoms with E-state index < -0.39 is 0 Å². The van der Waals surface area contributed by atoms with Gasteiger partial charge in [-0.1, -0.05) is 12.0 Å². The summed E-state index contributed by atoms with van der Waals surface area (Å²) in [6, 6.07) is 0. The maximum Gasteiger partial charge on any atom is 0.0435 e. The molecule has 0 amide bonds. The first kappa shape index (κ1) is 6.97. The van der Waals surface area contributed by atoms with Crippen molar-refractivity contribution in [2.45, 2.75) is 13.8 Å². The Kier molecular flexibility index (Phi) is 2.64. The molecule has 0 heterocycles. The molecule has 0 fully saturated rings. The van der Waals surface area contributed by atoms with Crippen LogP contribution in [0.5, 0.6) is 0 Å². The maximum absolute atomic E-state index is 7.04. The van der Waals surface area contributed by atoms with E-state index in [0.717, 1.165) is 0 Å². The minimum absolute atomic E-state index is 0.454. The third-order valence-corrected chi connectivity index (χ3v) is 0.848. The zero-order valence-corrected chi connectivity index (χ0v) is 5.15. The molecule has 0 radical (unpaired) electrons. The van der Waals surface area contributed by atoms with E-state index in [4.69, 9.17) is 11.8 Å². The van der Waals surface area contributed by atoms with Gasteiger partial charge in [0.2, 0.25) is 0 Å².